The average Bonchev–Trinajstić information content (AvgIpc) is 3.06. The highest BCUT2D eigenvalue weighted by Crippen LogP contribution is 2.29. The summed E-state index contributed by atoms with van der Waals surface area (Å²) in [7, 11) is 0. The number of ether oxygens (including phenoxy) is 1. The SMILES string of the molecule is CCCC(C)Nc1nc(N=C(C)CC)nc2c1ncn2C1CCCCO1. The van der Waals surface area contributed by atoms with Gasteiger partial charge in [-0.15, -0.1) is 0 Å². The number of nitrogens with one attached hydrogen (secondary N) is 1. The summed E-state index contributed by atoms with van der Waals surface area (Å²) in [5.41, 5.74) is 2.59. The van der Waals surface area contributed by atoms with Crippen molar-refractivity contribution in [2.75, 3.05) is 11.9 Å². The van der Waals surface area contributed by atoms with Gasteiger partial charge in [-0.3, -0.25) is 4.57 Å². The molecule has 0 saturated carbocycles. The maximum atomic E-state index is 5.94. The first kappa shape index (κ1) is 18.8. The summed E-state index contributed by atoms with van der Waals surface area (Å²) in [6.45, 7) is 9.22. The van der Waals surface area contributed by atoms with Crippen LogP contribution in [0.15, 0.2) is 11.3 Å². The van der Waals surface area contributed by atoms with Crippen LogP contribution in [0.3, 0.4) is 0 Å². The van der Waals surface area contributed by atoms with Gasteiger partial charge in [0.05, 0.1) is 6.33 Å². The smallest absolute Gasteiger partial charge is 0.253 e. The Labute approximate surface area is 155 Å². The van der Waals surface area contributed by atoms with Gasteiger partial charge in [-0.2, -0.15) is 9.97 Å². The summed E-state index contributed by atoms with van der Waals surface area (Å²) >= 11 is 0. The van der Waals surface area contributed by atoms with Crippen molar-refractivity contribution in [2.45, 2.75) is 78.5 Å². The molecule has 7 heteroatoms. The lowest BCUT2D eigenvalue weighted by molar-refractivity contribution is -0.0298. The number of aromatic nitrogens is 4. The molecular formula is C19H30N6O. The molecule has 0 amide bonds. The third-order valence-electron chi connectivity index (χ3n) is 4.78. The minimum Gasteiger partial charge on any atom is -0.366 e. The first-order chi connectivity index (χ1) is 12.6. The molecule has 0 spiro atoms. The van der Waals surface area contributed by atoms with E-state index in [-0.39, 0.29) is 6.23 Å². The van der Waals surface area contributed by atoms with E-state index >= 15 is 0 Å². The zero-order valence-corrected chi connectivity index (χ0v) is 16.3. The van der Waals surface area contributed by atoms with Crippen LogP contribution in [0.25, 0.3) is 11.2 Å². The molecule has 1 aliphatic rings. The number of hydrogen-bond acceptors (Lipinski definition) is 6. The molecule has 0 radical (unpaired) electrons. The maximum absolute atomic E-state index is 5.94. The fourth-order valence-electron chi connectivity index (χ4n) is 3.20. The van der Waals surface area contributed by atoms with Crippen LogP contribution in [0.5, 0.6) is 0 Å². The molecule has 1 aliphatic heterocycles. The molecule has 1 saturated heterocycles. The Kier molecular flexibility index (Phi) is 6.19. The van der Waals surface area contributed by atoms with Gasteiger partial charge in [-0.05, 0) is 46.0 Å². The van der Waals surface area contributed by atoms with Gasteiger partial charge in [0, 0.05) is 18.4 Å². The number of imidazole rings is 1. The van der Waals surface area contributed by atoms with E-state index in [1.54, 1.807) is 0 Å². The summed E-state index contributed by atoms with van der Waals surface area (Å²) in [5.74, 6) is 1.24. The zero-order chi connectivity index (χ0) is 18.5. The van der Waals surface area contributed by atoms with Crippen molar-refractivity contribution < 1.29 is 4.74 Å². The number of nitrogens with zero attached hydrogens (tertiary/aromatic N) is 5. The normalized spacial score (nSPS) is 19.7. The van der Waals surface area contributed by atoms with E-state index in [1.165, 1.54) is 0 Å². The largest absolute Gasteiger partial charge is 0.366 e. The first-order valence-electron chi connectivity index (χ1n) is 9.79. The Hall–Kier alpha value is -2.02. The monoisotopic (exact) mass is 358 g/mol. The Balaban J connectivity index is 2.04. The van der Waals surface area contributed by atoms with E-state index in [2.05, 4.69) is 41.0 Å². The second-order valence-electron chi connectivity index (χ2n) is 7.05. The summed E-state index contributed by atoms with van der Waals surface area (Å²) in [4.78, 5) is 18.5. The van der Waals surface area contributed by atoms with Crippen molar-refractivity contribution in [1.29, 1.82) is 0 Å². The van der Waals surface area contributed by atoms with Crippen molar-refractivity contribution in [1.82, 2.24) is 19.5 Å². The summed E-state index contributed by atoms with van der Waals surface area (Å²) < 4.78 is 7.97. The van der Waals surface area contributed by atoms with Crippen LogP contribution >= 0.6 is 0 Å². The average molecular weight is 358 g/mol. The zero-order valence-electron chi connectivity index (χ0n) is 16.3. The lowest BCUT2D eigenvalue weighted by atomic mass is 10.2. The standard InChI is InChI=1S/C19H30N6O/c1-5-9-14(4)21-17-16-18(24-19(23-17)22-13(3)6-2)25(12-20-16)15-10-7-8-11-26-15/h12,14-15H,5-11H2,1-4H3,(H,21,23,24). The molecule has 26 heavy (non-hydrogen) atoms. The molecule has 7 nitrogen and oxygen atoms in total. The van der Waals surface area contributed by atoms with Crippen LogP contribution in [0.1, 0.15) is 72.4 Å². The van der Waals surface area contributed by atoms with Crippen molar-refractivity contribution in [2.24, 2.45) is 4.99 Å². The van der Waals surface area contributed by atoms with Gasteiger partial charge in [-0.25, -0.2) is 9.98 Å². The van der Waals surface area contributed by atoms with E-state index in [0.29, 0.717) is 12.0 Å². The molecule has 2 unspecified atom stereocenters. The van der Waals surface area contributed by atoms with Crippen LogP contribution in [-0.4, -0.2) is 37.9 Å². The molecule has 142 valence electrons. The van der Waals surface area contributed by atoms with Gasteiger partial charge in [0.15, 0.2) is 17.0 Å². The van der Waals surface area contributed by atoms with Crippen LogP contribution in [0, 0.1) is 0 Å². The first-order valence-corrected chi connectivity index (χ1v) is 9.79. The van der Waals surface area contributed by atoms with Gasteiger partial charge in [0.25, 0.3) is 5.95 Å². The highest BCUT2D eigenvalue weighted by Gasteiger charge is 2.21. The van der Waals surface area contributed by atoms with E-state index in [1.807, 2.05) is 17.8 Å². The van der Waals surface area contributed by atoms with Crippen molar-refractivity contribution in [3.05, 3.63) is 6.33 Å². The Morgan fingerprint density at radius 1 is 1.38 bits per heavy atom. The Morgan fingerprint density at radius 3 is 2.92 bits per heavy atom. The number of aliphatic imine (C=N–C) groups is 1. The lowest BCUT2D eigenvalue weighted by Crippen LogP contribution is -2.18. The second kappa shape index (κ2) is 8.58. The lowest BCUT2D eigenvalue weighted by Gasteiger charge is -2.23. The highest BCUT2D eigenvalue weighted by atomic mass is 16.5. The van der Waals surface area contributed by atoms with Crippen LogP contribution in [0.4, 0.5) is 11.8 Å². The van der Waals surface area contributed by atoms with E-state index in [0.717, 1.165) is 67.8 Å². The van der Waals surface area contributed by atoms with Gasteiger partial charge in [-0.1, -0.05) is 20.3 Å². The van der Waals surface area contributed by atoms with Gasteiger partial charge in [0.1, 0.15) is 6.23 Å². The van der Waals surface area contributed by atoms with Crippen molar-refractivity contribution in [3.8, 4) is 0 Å². The number of rotatable bonds is 7. The molecule has 2 aromatic rings. The molecule has 0 aromatic carbocycles. The van der Waals surface area contributed by atoms with Gasteiger partial charge in [0.2, 0.25) is 0 Å². The summed E-state index contributed by atoms with van der Waals surface area (Å²) in [6, 6.07) is 0.318. The maximum Gasteiger partial charge on any atom is 0.253 e. The molecule has 3 rings (SSSR count). The summed E-state index contributed by atoms with van der Waals surface area (Å²) in [5, 5.41) is 3.50. The van der Waals surface area contributed by atoms with E-state index in [9.17, 15) is 0 Å². The van der Waals surface area contributed by atoms with E-state index < -0.39 is 0 Å². The quantitative estimate of drug-likeness (QED) is 0.730. The molecule has 1 N–H and O–H groups in total. The molecule has 2 atom stereocenters. The fraction of sp³-hybridized carbons (Fsp3) is 0.684. The van der Waals surface area contributed by atoms with Gasteiger partial charge < -0.3 is 10.1 Å². The molecule has 1 fully saturated rings. The summed E-state index contributed by atoms with van der Waals surface area (Å²) in [6.07, 6.45) is 8.15. The molecule has 3 heterocycles. The predicted molar refractivity (Wildman–Crippen MR) is 105 cm³/mol. The third kappa shape index (κ3) is 4.20. The third-order valence-corrected chi connectivity index (χ3v) is 4.78. The minimum atomic E-state index is -0.00586. The predicted octanol–water partition coefficient (Wildman–Crippen LogP) is 4.63. The minimum absolute atomic E-state index is 0.00586. The molecular weight excluding hydrogens is 328 g/mol. The number of hydrogen-bond donors (Lipinski definition) is 1. The highest BCUT2D eigenvalue weighted by molar-refractivity contribution is 5.87. The fourth-order valence-corrected chi connectivity index (χ4v) is 3.20. The van der Waals surface area contributed by atoms with E-state index in [4.69, 9.17) is 9.72 Å². The van der Waals surface area contributed by atoms with Crippen LogP contribution in [-0.2, 0) is 4.74 Å². The van der Waals surface area contributed by atoms with Crippen LogP contribution < -0.4 is 5.32 Å². The van der Waals surface area contributed by atoms with Gasteiger partial charge >= 0.3 is 0 Å². The number of anilines is 1. The topological polar surface area (TPSA) is 77.2 Å². The number of fused-ring (bicyclic) bond motifs is 1. The van der Waals surface area contributed by atoms with Crippen LogP contribution in [0.2, 0.25) is 0 Å². The Morgan fingerprint density at radius 2 is 2.23 bits per heavy atom. The second-order valence-corrected chi connectivity index (χ2v) is 7.05. The molecule has 0 aliphatic carbocycles. The van der Waals surface area contributed by atoms with Crippen molar-refractivity contribution in [3.63, 3.8) is 0 Å². The molecule has 0 bridgehead atoms. The molecule has 2 aromatic heterocycles. The Bertz CT molecular complexity index is 763. The van der Waals surface area contributed by atoms with Crippen molar-refractivity contribution >= 4 is 28.6 Å².